The minimum absolute atomic E-state index is 0.0713. The van der Waals surface area contributed by atoms with Gasteiger partial charge in [-0.05, 0) is 20.8 Å². The third-order valence-corrected chi connectivity index (χ3v) is 3.00. The predicted molar refractivity (Wildman–Crippen MR) is 57.7 cm³/mol. The fraction of sp³-hybridized carbons (Fsp3) is 0.818. The summed E-state index contributed by atoms with van der Waals surface area (Å²) in [7, 11) is 0. The molecule has 2 bridgehead atoms. The number of hydrogen-bond donors (Lipinski definition) is 1. The number of morpholine rings is 1. The van der Waals surface area contributed by atoms with Crippen LogP contribution in [0.25, 0.3) is 0 Å². The van der Waals surface area contributed by atoms with Gasteiger partial charge in [0.25, 0.3) is 0 Å². The molecule has 2 fully saturated rings. The van der Waals surface area contributed by atoms with Crippen molar-refractivity contribution in [2.24, 2.45) is 0 Å². The van der Waals surface area contributed by atoms with E-state index in [0.29, 0.717) is 6.42 Å². The smallest absolute Gasteiger partial charge is 0.410 e. The van der Waals surface area contributed by atoms with Crippen LogP contribution >= 0.6 is 0 Å². The minimum Gasteiger partial charge on any atom is -0.479 e. The molecule has 0 spiro atoms. The number of carbonyl (C=O) groups is 2. The van der Waals surface area contributed by atoms with Gasteiger partial charge in [-0.1, -0.05) is 0 Å². The van der Waals surface area contributed by atoms with Crippen LogP contribution in [0.3, 0.4) is 0 Å². The van der Waals surface area contributed by atoms with Crippen molar-refractivity contribution in [3.8, 4) is 0 Å². The minimum atomic E-state index is -1.22. The Morgan fingerprint density at radius 3 is 2.59 bits per heavy atom. The summed E-state index contributed by atoms with van der Waals surface area (Å²) in [6.07, 6.45) is -0.115. The highest BCUT2D eigenvalue weighted by molar-refractivity contribution is 5.81. The second-order valence-corrected chi connectivity index (χ2v) is 5.58. The van der Waals surface area contributed by atoms with Crippen LogP contribution < -0.4 is 0 Å². The van der Waals surface area contributed by atoms with Crippen LogP contribution in [-0.4, -0.2) is 52.5 Å². The van der Waals surface area contributed by atoms with Gasteiger partial charge in [0.05, 0.1) is 19.2 Å². The molecule has 0 aromatic heterocycles. The summed E-state index contributed by atoms with van der Waals surface area (Å²) in [5.41, 5.74) is -1.79. The molecule has 2 aliphatic heterocycles. The maximum Gasteiger partial charge on any atom is 0.410 e. The zero-order valence-electron chi connectivity index (χ0n) is 10.2. The summed E-state index contributed by atoms with van der Waals surface area (Å²) in [6.45, 7) is 5.68. The van der Waals surface area contributed by atoms with E-state index in [2.05, 4.69) is 0 Å². The highest BCUT2D eigenvalue weighted by Crippen LogP contribution is 2.38. The molecule has 96 valence electrons. The maximum atomic E-state index is 11.9. The summed E-state index contributed by atoms with van der Waals surface area (Å²) >= 11 is 0. The Bertz CT molecular complexity index is 361. The summed E-state index contributed by atoms with van der Waals surface area (Å²) in [4.78, 5) is 24.5. The molecule has 2 heterocycles. The third kappa shape index (κ3) is 2.09. The van der Waals surface area contributed by atoms with E-state index in [9.17, 15) is 9.59 Å². The van der Waals surface area contributed by atoms with Gasteiger partial charge in [-0.25, -0.2) is 9.59 Å². The SMILES string of the molecule is CC(C)(C)OC(=O)N1C[C@@]2(C(=O)O)C[C@@H]1CO2. The van der Waals surface area contributed by atoms with E-state index < -0.39 is 23.3 Å². The lowest BCUT2D eigenvalue weighted by Crippen LogP contribution is -2.50. The number of likely N-dealkylation sites (tertiary alicyclic amines) is 1. The first-order valence-electron chi connectivity index (χ1n) is 5.60. The average molecular weight is 243 g/mol. The number of aliphatic carboxylic acids is 1. The molecule has 1 N–H and O–H groups in total. The molecule has 0 aliphatic carbocycles. The van der Waals surface area contributed by atoms with E-state index in [0.717, 1.165) is 0 Å². The Balaban J connectivity index is 2.07. The zero-order valence-corrected chi connectivity index (χ0v) is 10.2. The number of hydrogen-bond acceptors (Lipinski definition) is 4. The predicted octanol–water partition coefficient (Wildman–Crippen LogP) is 0.849. The Hall–Kier alpha value is -1.30. The summed E-state index contributed by atoms with van der Waals surface area (Å²) in [5, 5.41) is 9.12. The van der Waals surface area contributed by atoms with Crippen molar-refractivity contribution in [3.05, 3.63) is 0 Å². The van der Waals surface area contributed by atoms with Gasteiger partial charge in [0.2, 0.25) is 0 Å². The van der Waals surface area contributed by atoms with Crippen LogP contribution in [0.2, 0.25) is 0 Å². The zero-order chi connectivity index (χ0) is 12.8. The lowest BCUT2D eigenvalue weighted by Gasteiger charge is -2.32. The number of fused-ring (bicyclic) bond motifs is 2. The van der Waals surface area contributed by atoms with Gasteiger partial charge in [-0.2, -0.15) is 0 Å². The number of nitrogens with zero attached hydrogens (tertiary/aromatic N) is 1. The van der Waals surface area contributed by atoms with E-state index in [4.69, 9.17) is 14.6 Å². The molecule has 0 aromatic carbocycles. The monoisotopic (exact) mass is 243 g/mol. The molecule has 2 aliphatic rings. The van der Waals surface area contributed by atoms with Gasteiger partial charge in [0, 0.05) is 6.42 Å². The fourth-order valence-corrected chi connectivity index (χ4v) is 2.22. The van der Waals surface area contributed by atoms with Gasteiger partial charge in [0.15, 0.2) is 5.60 Å². The molecule has 2 atom stereocenters. The van der Waals surface area contributed by atoms with Gasteiger partial charge < -0.3 is 14.6 Å². The first kappa shape index (κ1) is 12.2. The molecular weight excluding hydrogens is 226 g/mol. The largest absolute Gasteiger partial charge is 0.479 e. The summed E-state index contributed by atoms with van der Waals surface area (Å²) in [5.74, 6) is -1.01. The Morgan fingerprint density at radius 2 is 2.12 bits per heavy atom. The van der Waals surface area contributed by atoms with Crippen LogP contribution in [0.1, 0.15) is 27.2 Å². The Labute approximate surface area is 99.5 Å². The van der Waals surface area contributed by atoms with E-state index >= 15 is 0 Å². The Kier molecular flexibility index (Phi) is 2.57. The molecule has 2 rings (SSSR count). The molecule has 0 radical (unpaired) electrons. The summed E-state index contributed by atoms with van der Waals surface area (Å²) < 4.78 is 10.5. The van der Waals surface area contributed by atoms with Crippen molar-refractivity contribution in [3.63, 3.8) is 0 Å². The van der Waals surface area contributed by atoms with Crippen molar-refractivity contribution >= 4 is 12.1 Å². The highest BCUT2D eigenvalue weighted by Gasteiger charge is 2.58. The number of ether oxygens (including phenoxy) is 2. The number of carbonyl (C=O) groups excluding carboxylic acids is 1. The maximum absolute atomic E-state index is 11.9. The quantitative estimate of drug-likeness (QED) is 0.738. The number of carboxylic acid groups (broad SMARTS) is 1. The van der Waals surface area contributed by atoms with Crippen LogP contribution in [0.15, 0.2) is 0 Å². The van der Waals surface area contributed by atoms with Gasteiger partial charge >= 0.3 is 12.1 Å². The number of carboxylic acids is 1. The standard InChI is InChI=1S/C11H17NO5/c1-10(2,3)17-9(15)12-6-11(8(13)14)4-7(12)5-16-11/h7H,4-6H2,1-3H3,(H,13,14)/t7-,11-/m1/s1. The van der Waals surface area contributed by atoms with E-state index in [1.807, 2.05) is 0 Å². The first-order chi connectivity index (χ1) is 7.73. The van der Waals surface area contributed by atoms with Gasteiger partial charge in [-0.3, -0.25) is 4.90 Å². The number of amides is 1. The van der Waals surface area contributed by atoms with Crippen LogP contribution in [0, 0.1) is 0 Å². The molecule has 0 saturated carbocycles. The van der Waals surface area contributed by atoms with Crippen LogP contribution in [0.4, 0.5) is 4.79 Å². The van der Waals surface area contributed by atoms with Crippen molar-refractivity contribution in [2.75, 3.05) is 13.2 Å². The highest BCUT2D eigenvalue weighted by atomic mass is 16.6. The molecule has 6 nitrogen and oxygen atoms in total. The van der Waals surface area contributed by atoms with Crippen molar-refractivity contribution < 1.29 is 24.2 Å². The van der Waals surface area contributed by atoms with Crippen molar-refractivity contribution in [1.82, 2.24) is 4.90 Å². The molecular formula is C11H17NO5. The second kappa shape index (κ2) is 3.60. The molecule has 6 heteroatoms. The molecule has 17 heavy (non-hydrogen) atoms. The first-order valence-corrected chi connectivity index (χ1v) is 5.60. The van der Waals surface area contributed by atoms with Crippen molar-refractivity contribution in [2.45, 2.75) is 44.4 Å². The van der Waals surface area contributed by atoms with Gasteiger partial charge in [0.1, 0.15) is 5.60 Å². The summed E-state index contributed by atoms with van der Waals surface area (Å²) in [6, 6.07) is -0.180. The molecule has 0 aromatic rings. The molecule has 0 unspecified atom stereocenters. The molecule has 2 saturated heterocycles. The second-order valence-electron chi connectivity index (χ2n) is 5.58. The lowest BCUT2D eigenvalue weighted by molar-refractivity contribution is -0.162. The average Bonchev–Trinajstić information content (AvgIpc) is 2.72. The van der Waals surface area contributed by atoms with Crippen molar-refractivity contribution in [1.29, 1.82) is 0 Å². The number of rotatable bonds is 1. The van der Waals surface area contributed by atoms with Crippen LogP contribution in [-0.2, 0) is 14.3 Å². The third-order valence-electron chi connectivity index (χ3n) is 3.00. The van der Waals surface area contributed by atoms with E-state index in [1.54, 1.807) is 20.8 Å². The lowest BCUT2D eigenvalue weighted by atomic mass is 10.0. The molecule has 1 amide bonds. The van der Waals surface area contributed by atoms with E-state index in [-0.39, 0.29) is 19.2 Å². The van der Waals surface area contributed by atoms with E-state index in [1.165, 1.54) is 4.90 Å². The van der Waals surface area contributed by atoms with Crippen LogP contribution in [0.5, 0.6) is 0 Å². The van der Waals surface area contributed by atoms with Gasteiger partial charge in [-0.15, -0.1) is 0 Å². The fourth-order valence-electron chi connectivity index (χ4n) is 2.22. The Morgan fingerprint density at radius 1 is 1.47 bits per heavy atom. The topological polar surface area (TPSA) is 76.1 Å². The normalized spacial score (nSPS) is 31.7.